The van der Waals surface area contributed by atoms with E-state index in [1.807, 2.05) is 12.1 Å². The zero-order valence-corrected chi connectivity index (χ0v) is 20.3. The van der Waals surface area contributed by atoms with Gasteiger partial charge in [-0.1, -0.05) is 113 Å². The summed E-state index contributed by atoms with van der Waals surface area (Å²) in [4.78, 5) is 0. The number of hydrogen-bond acceptors (Lipinski definition) is 0. The summed E-state index contributed by atoms with van der Waals surface area (Å²) in [6.07, 6.45) is 0. The van der Waals surface area contributed by atoms with Gasteiger partial charge in [0.05, 0.1) is 0 Å². The van der Waals surface area contributed by atoms with Crippen LogP contribution >= 0.6 is 0 Å². The van der Waals surface area contributed by atoms with Crippen LogP contribution in [0, 0.1) is 34.6 Å². The molecule has 4 aromatic carbocycles. The molecule has 0 spiro atoms. The molecule has 0 bridgehead atoms. The minimum absolute atomic E-state index is 0. The van der Waals surface area contributed by atoms with Crippen molar-refractivity contribution in [2.75, 3.05) is 0 Å². The third-order valence-corrected chi connectivity index (χ3v) is 5.89. The summed E-state index contributed by atoms with van der Waals surface area (Å²) in [5.74, 6) is 0. The minimum Gasteiger partial charge on any atom is -0.196 e. The first-order valence-electron chi connectivity index (χ1n) is 9.89. The van der Waals surface area contributed by atoms with Crippen LogP contribution in [-0.4, -0.2) is 0 Å². The second-order valence-corrected chi connectivity index (χ2v) is 7.44. The van der Waals surface area contributed by atoms with Crippen molar-refractivity contribution in [3.63, 3.8) is 0 Å². The van der Waals surface area contributed by atoms with Gasteiger partial charge in [0.1, 0.15) is 0 Å². The van der Waals surface area contributed by atoms with Gasteiger partial charge in [0.15, 0.2) is 0 Å². The predicted molar refractivity (Wildman–Crippen MR) is 123 cm³/mol. The first-order valence-corrected chi connectivity index (χ1v) is 9.89. The van der Waals surface area contributed by atoms with Crippen LogP contribution in [0.1, 0.15) is 27.8 Å². The molecule has 0 saturated heterocycles. The number of rotatable bonds is 2. The van der Waals surface area contributed by atoms with Crippen molar-refractivity contribution in [1.29, 1.82) is 0 Å². The zero-order valence-electron chi connectivity index (χ0n) is 17.9. The first kappa shape index (κ1) is 22.9. The van der Waals surface area contributed by atoms with Crippen molar-refractivity contribution in [2.45, 2.75) is 34.6 Å². The van der Waals surface area contributed by atoms with Crippen LogP contribution in [-0.2, 0) is 20.1 Å². The summed E-state index contributed by atoms with van der Waals surface area (Å²) in [5, 5.41) is 0. The molecule has 4 aromatic rings. The van der Waals surface area contributed by atoms with Gasteiger partial charge in [-0.25, -0.2) is 0 Å². The standard InChI is InChI=1S/C18H14.C10H15.Ir/c1-3-8-15(9-4-1)17-12-7-13-18(14-17)16-10-5-2-6-11-16;1-6-7(2)9(4)10(5)8(6)3;/h1-14H;1-5H3;/q;-1;. The molecular weight excluding hydrogens is 529 g/mol. The first-order chi connectivity index (χ1) is 13.5. The normalized spacial score (nSPS) is 9.97. The number of hydrogen-bond donors (Lipinski definition) is 0. The summed E-state index contributed by atoms with van der Waals surface area (Å²) in [7, 11) is 0. The minimum atomic E-state index is 0. The molecule has 0 saturated carbocycles. The molecule has 0 unspecified atom stereocenters. The maximum atomic E-state index is 2.24. The Balaban J connectivity index is 0.000000234. The van der Waals surface area contributed by atoms with Crippen LogP contribution in [0.2, 0.25) is 0 Å². The molecule has 4 rings (SSSR count). The third kappa shape index (κ3) is 5.38. The fourth-order valence-corrected chi connectivity index (χ4v) is 3.55. The van der Waals surface area contributed by atoms with E-state index in [1.165, 1.54) is 50.1 Å². The van der Waals surface area contributed by atoms with E-state index in [2.05, 4.69) is 107 Å². The SMILES string of the molecule is Cc1c(C)c(C)[c-](C)c1C.[Ir].c1ccc(-c2cccc(-c3ccccc3)c2)cc1. The summed E-state index contributed by atoms with van der Waals surface area (Å²) >= 11 is 0. The van der Waals surface area contributed by atoms with Gasteiger partial charge in [-0.05, 0) is 28.3 Å². The molecule has 1 radical (unpaired) electrons. The van der Waals surface area contributed by atoms with Crippen LogP contribution in [0.15, 0.2) is 84.9 Å². The Morgan fingerprint density at radius 1 is 0.483 bits per heavy atom. The van der Waals surface area contributed by atoms with E-state index in [4.69, 9.17) is 0 Å². The van der Waals surface area contributed by atoms with E-state index >= 15 is 0 Å². The van der Waals surface area contributed by atoms with E-state index in [0.29, 0.717) is 0 Å². The molecule has 0 nitrogen and oxygen atoms in total. The Bertz CT molecular complexity index is 906. The second-order valence-electron chi connectivity index (χ2n) is 7.44. The van der Waals surface area contributed by atoms with E-state index in [1.54, 1.807) is 0 Å². The molecule has 29 heavy (non-hydrogen) atoms. The van der Waals surface area contributed by atoms with Crippen molar-refractivity contribution < 1.29 is 20.1 Å². The predicted octanol–water partition coefficient (Wildman–Crippen LogP) is 7.97. The Morgan fingerprint density at radius 3 is 1.14 bits per heavy atom. The van der Waals surface area contributed by atoms with E-state index in [9.17, 15) is 0 Å². The summed E-state index contributed by atoms with van der Waals surface area (Å²) in [5.41, 5.74) is 12.4. The average molecular weight is 558 g/mol. The largest absolute Gasteiger partial charge is 0.196 e. The topological polar surface area (TPSA) is 0 Å². The molecule has 151 valence electrons. The van der Waals surface area contributed by atoms with Crippen molar-refractivity contribution in [1.82, 2.24) is 0 Å². The molecule has 0 atom stereocenters. The molecule has 0 aliphatic carbocycles. The fourth-order valence-electron chi connectivity index (χ4n) is 3.55. The van der Waals surface area contributed by atoms with Gasteiger partial charge in [0, 0.05) is 20.1 Å². The van der Waals surface area contributed by atoms with Gasteiger partial charge in [-0.15, -0.1) is 0 Å². The maximum Gasteiger partial charge on any atom is 0 e. The van der Waals surface area contributed by atoms with E-state index < -0.39 is 0 Å². The quantitative estimate of drug-likeness (QED) is 0.219. The molecule has 0 fully saturated rings. The molecular formula is C28H29Ir-. The molecule has 0 aromatic heterocycles. The summed E-state index contributed by atoms with van der Waals surface area (Å²) in [6, 6.07) is 29.6. The van der Waals surface area contributed by atoms with Gasteiger partial charge in [-0.2, -0.15) is 27.8 Å². The van der Waals surface area contributed by atoms with Crippen LogP contribution in [0.5, 0.6) is 0 Å². The van der Waals surface area contributed by atoms with E-state index in [0.717, 1.165) is 0 Å². The molecule has 0 aliphatic heterocycles. The van der Waals surface area contributed by atoms with E-state index in [-0.39, 0.29) is 20.1 Å². The van der Waals surface area contributed by atoms with Crippen LogP contribution < -0.4 is 0 Å². The number of benzene rings is 3. The van der Waals surface area contributed by atoms with Gasteiger partial charge < -0.3 is 0 Å². The Labute approximate surface area is 189 Å². The summed E-state index contributed by atoms with van der Waals surface area (Å²) in [6.45, 7) is 11.0. The Morgan fingerprint density at radius 2 is 0.828 bits per heavy atom. The van der Waals surface area contributed by atoms with Crippen LogP contribution in [0.3, 0.4) is 0 Å². The average Bonchev–Trinajstić information content (AvgIpc) is 2.93. The fraction of sp³-hybridized carbons (Fsp3) is 0.179. The third-order valence-electron chi connectivity index (χ3n) is 5.89. The van der Waals surface area contributed by atoms with Crippen LogP contribution in [0.4, 0.5) is 0 Å². The van der Waals surface area contributed by atoms with Gasteiger partial charge >= 0.3 is 0 Å². The van der Waals surface area contributed by atoms with Crippen LogP contribution in [0.25, 0.3) is 22.3 Å². The Kier molecular flexibility index (Phi) is 8.26. The molecule has 0 N–H and O–H groups in total. The van der Waals surface area contributed by atoms with Crippen molar-refractivity contribution in [3.05, 3.63) is 113 Å². The van der Waals surface area contributed by atoms with Gasteiger partial charge in [0.25, 0.3) is 0 Å². The summed E-state index contributed by atoms with van der Waals surface area (Å²) < 4.78 is 0. The monoisotopic (exact) mass is 558 g/mol. The molecule has 0 amide bonds. The van der Waals surface area contributed by atoms with Gasteiger partial charge in [-0.3, -0.25) is 0 Å². The van der Waals surface area contributed by atoms with Crippen molar-refractivity contribution in [2.24, 2.45) is 0 Å². The molecule has 1 heteroatoms. The van der Waals surface area contributed by atoms with Gasteiger partial charge in [0.2, 0.25) is 0 Å². The maximum absolute atomic E-state index is 2.24. The Hall–Kier alpha value is -2.34. The second kappa shape index (κ2) is 10.4. The smallest absolute Gasteiger partial charge is 0 e. The van der Waals surface area contributed by atoms with Crippen molar-refractivity contribution in [3.8, 4) is 22.3 Å². The zero-order chi connectivity index (χ0) is 20.1. The molecule has 0 heterocycles. The molecule has 0 aliphatic rings. The van der Waals surface area contributed by atoms with Crippen molar-refractivity contribution >= 4 is 0 Å².